The Morgan fingerprint density at radius 1 is 1.00 bits per heavy atom. The minimum absolute atomic E-state index is 0.0543. The van der Waals surface area contributed by atoms with Crippen molar-refractivity contribution in [2.75, 3.05) is 10.2 Å². The van der Waals surface area contributed by atoms with Crippen molar-refractivity contribution in [3.63, 3.8) is 0 Å². The van der Waals surface area contributed by atoms with Crippen molar-refractivity contribution in [3.05, 3.63) is 100 Å². The normalized spacial score (nSPS) is 10.8. The van der Waals surface area contributed by atoms with Crippen LogP contribution in [0.2, 0.25) is 0 Å². The number of para-hydroxylation sites is 2. The average molecular weight is 458 g/mol. The van der Waals surface area contributed by atoms with Crippen LogP contribution < -0.4 is 15.8 Å². The lowest BCUT2D eigenvalue weighted by Crippen LogP contribution is -2.38. The van der Waals surface area contributed by atoms with Crippen molar-refractivity contribution >= 4 is 34.4 Å². The number of halogens is 1. The van der Waals surface area contributed by atoms with Gasteiger partial charge in [-0.25, -0.2) is 9.37 Å². The van der Waals surface area contributed by atoms with Crippen LogP contribution in [0.15, 0.2) is 77.6 Å². The van der Waals surface area contributed by atoms with E-state index in [1.807, 2.05) is 31.2 Å². The van der Waals surface area contributed by atoms with E-state index in [9.17, 15) is 18.8 Å². The second-order valence-electron chi connectivity index (χ2n) is 7.96. The molecular formula is C26H23FN4O3. The highest BCUT2D eigenvalue weighted by Gasteiger charge is 2.21. The second-order valence-corrected chi connectivity index (χ2v) is 7.96. The fraction of sp³-hybridized carbons (Fsp3) is 0.154. The Balaban J connectivity index is 1.73. The first-order chi connectivity index (χ1) is 16.3. The Morgan fingerprint density at radius 2 is 1.68 bits per heavy atom. The number of nitrogens with one attached hydrogen (secondary N) is 1. The first-order valence-corrected chi connectivity index (χ1v) is 10.7. The van der Waals surface area contributed by atoms with Crippen molar-refractivity contribution in [2.24, 2.45) is 0 Å². The van der Waals surface area contributed by atoms with Gasteiger partial charge in [-0.3, -0.25) is 23.9 Å². The van der Waals surface area contributed by atoms with Crippen LogP contribution in [0.4, 0.5) is 15.9 Å². The van der Waals surface area contributed by atoms with Gasteiger partial charge < -0.3 is 5.32 Å². The third-order valence-corrected chi connectivity index (χ3v) is 5.36. The van der Waals surface area contributed by atoms with Gasteiger partial charge in [-0.1, -0.05) is 42.0 Å². The maximum Gasteiger partial charge on any atom is 0.294 e. The number of hydrogen-bond acceptors (Lipinski definition) is 4. The summed E-state index contributed by atoms with van der Waals surface area (Å²) in [6.07, 6.45) is 0. The Hall–Kier alpha value is -4.33. The van der Waals surface area contributed by atoms with Gasteiger partial charge in [-0.2, -0.15) is 0 Å². The van der Waals surface area contributed by atoms with Gasteiger partial charge in [0.1, 0.15) is 12.4 Å². The molecule has 0 bridgehead atoms. The van der Waals surface area contributed by atoms with Gasteiger partial charge in [0.25, 0.3) is 5.56 Å². The molecule has 0 aliphatic heterocycles. The minimum Gasteiger partial charge on any atom is -0.325 e. The van der Waals surface area contributed by atoms with E-state index in [4.69, 9.17) is 0 Å². The van der Waals surface area contributed by atoms with E-state index in [-0.39, 0.29) is 24.8 Å². The van der Waals surface area contributed by atoms with Crippen LogP contribution in [0.1, 0.15) is 18.1 Å². The molecule has 0 saturated carbocycles. The summed E-state index contributed by atoms with van der Waals surface area (Å²) in [5.74, 6) is -1.29. The van der Waals surface area contributed by atoms with Crippen LogP contribution >= 0.6 is 0 Å². The largest absolute Gasteiger partial charge is 0.325 e. The molecule has 172 valence electrons. The number of nitrogens with zero attached hydrogens (tertiary/aromatic N) is 3. The highest BCUT2D eigenvalue weighted by Crippen LogP contribution is 2.18. The topological polar surface area (TPSA) is 84.3 Å². The molecule has 0 atom stereocenters. The lowest BCUT2D eigenvalue weighted by atomic mass is 10.1. The Labute approximate surface area is 195 Å². The van der Waals surface area contributed by atoms with Gasteiger partial charge >= 0.3 is 0 Å². The minimum atomic E-state index is -0.560. The van der Waals surface area contributed by atoms with E-state index in [1.54, 1.807) is 24.3 Å². The third-order valence-electron chi connectivity index (χ3n) is 5.36. The number of anilines is 2. The number of rotatable bonds is 6. The predicted molar refractivity (Wildman–Crippen MR) is 129 cm³/mol. The van der Waals surface area contributed by atoms with Gasteiger partial charge in [0.05, 0.1) is 17.6 Å². The number of aromatic nitrogens is 2. The lowest BCUT2D eigenvalue weighted by molar-refractivity contribution is -0.117. The molecule has 0 unspecified atom stereocenters. The second kappa shape index (κ2) is 9.66. The van der Waals surface area contributed by atoms with Gasteiger partial charge in [-0.15, -0.1) is 0 Å². The SMILES string of the molecule is CC(=O)N(Cc1ccc(C)cc1)c1nc2ccccc2n(CC(=O)Nc2ccc(F)cc2)c1=O. The fourth-order valence-electron chi connectivity index (χ4n) is 3.60. The molecule has 1 aromatic heterocycles. The summed E-state index contributed by atoms with van der Waals surface area (Å²) in [5.41, 5.74) is 2.71. The van der Waals surface area contributed by atoms with Crippen molar-refractivity contribution < 1.29 is 14.0 Å². The molecule has 34 heavy (non-hydrogen) atoms. The van der Waals surface area contributed by atoms with E-state index in [1.165, 1.54) is 40.7 Å². The van der Waals surface area contributed by atoms with Gasteiger partial charge in [0.2, 0.25) is 17.6 Å². The molecule has 3 aromatic carbocycles. The van der Waals surface area contributed by atoms with Gasteiger partial charge in [-0.05, 0) is 48.9 Å². The van der Waals surface area contributed by atoms with Crippen LogP contribution in [-0.4, -0.2) is 21.4 Å². The molecule has 0 radical (unpaired) electrons. The monoisotopic (exact) mass is 458 g/mol. The zero-order valence-electron chi connectivity index (χ0n) is 18.8. The van der Waals surface area contributed by atoms with Gasteiger partial charge in [0.15, 0.2) is 0 Å². The molecule has 8 heteroatoms. The Morgan fingerprint density at radius 3 is 2.35 bits per heavy atom. The van der Waals surface area contributed by atoms with Crippen molar-refractivity contribution in [3.8, 4) is 0 Å². The van der Waals surface area contributed by atoms with E-state index in [0.29, 0.717) is 16.7 Å². The molecule has 0 spiro atoms. The summed E-state index contributed by atoms with van der Waals surface area (Å²) in [4.78, 5) is 44.5. The van der Waals surface area contributed by atoms with Gasteiger partial charge in [0, 0.05) is 12.6 Å². The molecule has 4 rings (SSSR count). The molecule has 0 aliphatic rings. The number of aryl methyl sites for hydroxylation is 1. The average Bonchev–Trinajstić information content (AvgIpc) is 2.82. The number of carbonyl (C=O) groups excluding carboxylic acids is 2. The van der Waals surface area contributed by atoms with Crippen molar-refractivity contribution in [1.82, 2.24) is 9.55 Å². The zero-order valence-corrected chi connectivity index (χ0v) is 18.8. The van der Waals surface area contributed by atoms with E-state index in [2.05, 4.69) is 10.3 Å². The Bertz CT molecular complexity index is 1410. The van der Waals surface area contributed by atoms with Crippen molar-refractivity contribution in [1.29, 1.82) is 0 Å². The molecule has 7 nitrogen and oxygen atoms in total. The van der Waals surface area contributed by atoms with E-state index in [0.717, 1.165) is 11.1 Å². The molecule has 0 saturated heterocycles. The maximum absolute atomic E-state index is 13.5. The molecule has 1 N–H and O–H groups in total. The highest BCUT2D eigenvalue weighted by atomic mass is 19.1. The van der Waals surface area contributed by atoms with Crippen LogP contribution in [0.5, 0.6) is 0 Å². The lowest BCUT2D eigenvalue weighted by Gasteiger charge is -2.21. The third kappa shape index (κ3) is 5.01. The molecular weight excluding hydrogens is 435 g/mol. The zero-order chi connectivity index (χ0) is 24.2. The first-order valence-electron chi connectivity index (χ1n) is 10.7. The number of benzene rings is 3. The quantitative estimate of drug-likeness (QED) is 0.473. The summed E-state index contributed by atoms with van der Waals surface area (Å²) in [7, 11) is 0. The number of amides is 2. The predicted octanol–water partition coefficient (Wildman–Crippen LogP) is 4.04. The summed E-state index contributed by atoms with van der Waals surface area (Å²) in [6, 6.07) is 19.9. The van der Waals surface area contributed by atoms with Crippen LogP contribution in [0.25, 0.3) is 11.0 Å². The van der Waals surface area contributed by atoms with Crippen LogP contribution in [0, 0.1) is 12.7 Å². The summed E-state index contributed by atoms with van der Waals surface area (Å²) >= 11 is 0. The van der Waals surface area contributed by atoms with Crippen molar-refractivity contribution in [2.45, 2.75) is 26.9 Å². The molecule has 4 aromatic rings. The summed E-state index contributed by atoms with van der Waals surface area (Å²) < 4.78 is 14.5. The molecule has 0 aliphatic carbocycles. The maximum atomic E-state index is 13.5. The number of hydrogen-bond donors (Lipinski definition) is 1. The number of fused-ring (bicyclic) bond motifs is 1. The molecule has 2 amide bonds. The standard InChI is InChI=1S/C26H23FN4O3/c1-17-7-9-19(10-8-17)15-30(18(2)32)25-26(34)31(23-6-4-3-5-22(23)29-25)16-24(33)28-21-13-11-20(27)12-14-21/h3-14H,15-16H2,1-2H3,(H,28,33). The Kier molecular flexibility index (Phi) is 6.49. The summed E-state index contributed by atoms with van der Waals surface area (Å²) in [5, 5.41) is 2.66. The summed E-state index contributed by atoms with van der Waals surface area (Å²) in [6.45, 7) is 3.20. The van der Waals surface area contributed by atoms with E-state index >= 15 is 0 Å². The van der Waals surface area contributed by atoms with E-state index < -0.39 is 17.3 Å². The fourth-order valence-corrected chi connectivity index (χ4v) is 3.60. The molecule has 0 fully saturated rings. The molecule has 1 heterocycles. The first kappa shape index (κ1) is 22.8. The van der Waals surface area contributed by atoms with Crippen LogP contribution in [-0.2, 0) is 22.7 Å². The highest BCUT2D eigenvalue weighted by molar-refractivity contribution is 5.93. The van der Waals surface area contributed by atoms with Crippen LogP contribution in [0.3, 0.4) is 0 Å². The number of carbonyl (C=O) groups is 2. The smallest absolute Gasteiger partial charge is 0.294 e.